The quantitative estimate of drug-likeness (QED) is 0.0615. The zero-order chi connectivity index (χ0) is 47.9. The lowest BCUT2D eigenvalue weighted by atomic mass is 9.97. The summed E-state index contributed by atoms with van der Waals surface area (Å²) in [5.41, 5.74) is 9.25. The minimum Gasteiger partial charge on any atom is -0.444 e. The molecule has 7 N–H and O–H groups in total. The number of carbonyl (C=O) groups excluding carboxylic acids is 4. The van der Waals surface area contributed by atoms with Gasteiger partial charge in [0.2, 0.25) is 5.91 Å². The summed E-state index contributed by atoms with van der Waals surface area (Å²) in [4.78, 5) is 62.2. The molecule has 2 aliphatic heterocycles. The van der Waals surface area contributed by atoms with E-state index in [0.29, 0.717) is 70.6 Å². The number of nitrogens with zero attached hydrogens (tertiary/aromatic N) is 4. The summed E-state index contributed by atoms with van der Waals surface area (Å²) in [6.07, 6.45) is 3.60. The fourth-order valence-electron chi connectivity index (χ4n) is 7.13. The zero-order valence-corrected chi connectivity index (χ0v) is 39.7. The lowest BCUT2D eigenvalue weighted by Gasteiger charge is -2.47. The lowest BCUT2D eigenvalue weighted by molar-refractivity contribution is -0.137. The van der Waals surface area contributed by atoms with E-state index in [1.807, 2.05) is 41.3 Å². The first-order chi connectivity index (χ1) is 31.3. The molecule has 15 nitrogen and oxygen atoms in total. The van der Waals surface area contributed by atoms with Crippen LogP contribution in [0, 0.1) is 0 Å². The summed E-state index contributed by atoms with van der Waals surface area (Å²) in [5.74, 6) is 0.345. The first kappa shape index (κ1) is 50.4. The van der Waals surface area contributed by atoms with E-state index < -0.39 is 11.7 Å². The Hall–Kier alpha value is -6.55. The largest absolute Gasteiger partial charge is 0.444 e. The van der Waals surface area contributed by atoms with Gasteiger partial charge < -0.3 is 41.5 Å². The number of nitrogens with one attached hydrogen (secondary N) is 5. The molecule has 2 saturated heterocycles. The van der Waals surface area contributed by atoms with Crippen LogP contribution in [0.3, 0.4) is 0 Å². The maximum absolute atomic E-state index is 13.0. The molecule has 0 bridgehead atoms. The third-order valence-corrected chi connectivity index (χ3v) is 10.7. The Balaban J connectivity index is 0.000000220. The summed E-state index contributed by atoms with van der Waals surface area (Å²) in [6, 6.07) is 30.8. The van der Waals surface area contributed by atoms with Crippen LogP contribution in [0.1, 0.15) is 81.2 Å². The van der Waals surface area contributed by atoms with E-state index in [1.54, 1.807) is 75.5 Å². The molecular formula is C50H63ClN10O5. The van der Waals surface area contributed by atoms with Crippen LogP contribution in [0.2, 0.25) is 5.15 Å². The summed E-state index contributed by atoms with van der Waals surface area (Å²) in [7, 11) is 0. The van der Waals surface area contributed by atoms with Gasteiger partial charge in [0.05, 0.1) is 39.4 Å². The number of carbonyl (C=O) groups is 4. The molecule has 2 aliphatic rings. The molecule has 3 aromatic carbocycles. The van der Waals surface area contributed by atoms with Crippen molar-refractivity contribution in [2.75, 3.05) is 65.9 Å². The number of para-hydroxylation sites is 4. The lowest BCUT2D eigenvalue weighted by Crippen LogP contribution is -2.61. The summed E-state index contributed by atoms with van der Waals surface area (Å²) in [6.45, 7) is 19.2. The van der Waals surface area contributed by atoms with Crippen molar-refractivity contribution < 1.29 is 23.9 Å². The van der Waals surface area contributed by atoms with E-state index in [9.17, 15) is 19.2 Å². The fourth-order valence-corrected chi connectivity index (χ4v) is 7.24. The van der Waals surface area contributed by atoms with Gasteiger partial charge in [-0.05, 0) is 109 Å². The van der Waals surface area contributed by atoms with Crippen molar-refractivity contribution in [3.8, 4) is 0 Å². The molecule has 7 rings (SSSR count). The standard InChI is InChI=1S/C27H31N5O2.C17H18ClN3O3.C6H14N2/c1-27(2)19-31(16-17-32(27)25(33)15-12-20-8-4-3-5-9-20)24-14-13-21(18-29-24)26(34)30-23-11-7-6-10-22(23)28;1-17(2,3)24-16(23)21-13-7-5-4-6-12(13)20-15(22)11-8-9-14(18)19-10-11;1-6(2)5-7-3-4-8-6/h3-11,13-14,18H,12,15-17,19,28H2,1-2H3,(H,30,34);4-10H,1-3H3,(H,20,22)(H,21,23);7-8H,3-5H2,1-2H3. The molecular weight excluding hydrogens is 856 g/mol. The topological polar surface area (TPSA) is 196 Å². The second-order valence-electron chi connectivity index (χ2n) is 18.2. The van der Waals surface area contributed by atoms with Crippen LogP contribution < -0.4 is 37.2 Å². The number of aromatic nitrogens is 2. The molecule has 0 spiro atoms. The van der Waals surface area contributed by atoms with E-state index in [2.05, 4.69) is 81.3 Å². The van der Waals surface area contributed by atoms with Crippen LogP contribution >= 0.6 is 11.6 Å². The second kappa shape index (κ2) is 23.1. The number of piperazine rings is 2. The number of ether oxygens (including phenoxy) is 1. The third-order valence-electron chi connectivity index (χ3n) is 10.5. The monoisotopic (exact) mass is 918 g/mol. The van der Waals surface area contributed by atoms with Crippen LogP contribution in [0.25, 0.3) is 0 Å². The van der Waals surface area contributed by atoms with Gasteiger partial charge >= 0.3 is 6.09 Å². The SMILES string of the molecule is CC(C)(C)OC(=O)Nc1ccccc1NC(=O)c1ccc(Cl)nc1.CC1(C)CN(c2ccc(C(=O)Nc3ccccc3N)cn2)CCN1C(=O)CCc1ccccc1.CC1(C)CNCCN1. The van der Waals surface area contributed by atoms with Gasteiger partial charge in [-0.2, -0.15) is 0 Å². The molecule has 4 amide bonds. The number of halogens is 1. The zero-order valence-electron chi connectivity index (χ0n) is 38.9. The molecule has 0 unspecified atom stereocenters. The highest BCUT2D eigenvalue weighted by Gasteiger charge is 2.37. The smallest absolute Gasteiger partial charge is 0.412 e. The molecule has 16 heteroatoms. The Labute approximate surface area is 393 Å². The first-order valence-corrected chi connectivity index (χ1v) is 22.4. The fraction of sp³-hybridized carbons (Fsp3) is 0.360. The number of rotatable bonds is 9. The van der Waals surface area contributed by atoms with Crippen LogP contribution in [0.5, 0.6) is 0 Å². The molecule has 66 heavy (non-hydrogen) atoms. The van der Waals surface area contributed by atoms with Crippen molar-refractivity contribution in [3.05, 3.63) is 137 Å². The van der Waals surface area contributed by atoms with E-state index in [0.717, 1.165) is 31.9 Å². The summed E-state index contributed by atoms with van der Waals surface area (Å²) >= 11 is 5.71. The minimum absolute atomic E-state index is 0.175. The van der Waals surface area contributed by atoms with Gasteiger partial charge in [-0.15, -0.1) is 0 Å². The van der Waals surface area contributed by atoms with Gasteiger partial charge in [0.25, 0.3) is 11.8 Å². The highest BCUT2D eigenvalue weighted by molar-refractivity contribution is 6.29. The number of aryl methyl sites for hydroxylation is 1. The number of hydrogen-bond donors (Lipinski definition) is 6. The van der Waals surface area contributed by atoms with Gasteiger partial charge in [0.15, 0.2) is 0 Å². The Morgan fingerprint density at radius 3 is 1.86 bits per heavy atom. The van der Waals surface area contributed by atoms with Gasteiger partial charge in [0.1, 0.15) is 16.6 Å². The average Bonchev–Trinajstić information content (AvgIpc) is 3.27. The highest BCUT2D eigenvalue weighted by Crippen LogP contribution is 2.27. The molecule has 350 valence electrons. The third kappa shape index (κ3) is 15.9. The maximum atomic E-state index is 13.0. The Bertz CT molecular complexity index is 2380. The molecule has 0 aliphatic carbocycles. The molecule has 2 fully saturated rings. The normalized spacial score (nSPS) is 15.1. The van der Waals surface area contributed by atoms with E-state index in [-0.39, 0.29) is 23.3 Å². The van der Waals surface area contributed by atoms with Crippen molar-refractivity contribution in [2.45, 2.75) is 78.0 Å². The number of nitrogen functional groups attached to an aromatic ring is 1. The minimum atomic E-state index is -0.614. The second-order valence-corrected chi connectivity index (χ2v) is 18.6. The molecule has 4 heterocycles. The first-order valence-electron chi connectivity index (χ1n) is 22.0. The van der Waals surface area contributed by atoms with Crippen molar-refractivity contribution in [1.82, 2.24) is 25.5 Å². The average molecular weight is 920 g/mol. The predicted octanol–water partition coefficient (Wildman–Crippen LogP) is 8.27. The van der Waals surface area contributed by atoms with Crippen LogP contribution in [0.4, 0.5) is 33.4 Å². The highest BCUT2D eigenvalue weighted by atomic mass is 35.5. The number of pyridine rings is 2. The van der Waals surface area contributed by atoms with Crippen LogP contribution in [-0.2, 0) is 16.0 Å². The number of benzene rings is 3. The summed E-state index contributed by atoms with van der Waals surface area (Å²) < 4.78 is 5.21. The Morgan fingerprint density at radius 1 is 0.742 bits per heavy atom. The number of nitrogens with two attached hydrogens (primary N) is 1. The van der Waals surface area contributed by atoms with Crippen molar-refractivity contribution in [2.24, 2.45) is 0 Å². The van der Waals surface area contributed by atoms with Crippen LogP contribution in [-0.4, -0.2) is 94.6 Å². The Morgan fingerprint density at radius 2 is 1.33 bits per heavy atom. The van der Waals surface area contributed by atoms with Gasteiger partial charge in [0, 0.05) is 63.6 Å². The maximum Gasteiger partial charge on any atom is 0.412 e. The van der Waals surface area contributed by atoms with Crippen LogP contribution in [0.15, 0.2) is 116 Å². The van der Waals surface area contributed by atoms with E-state index in [1.165, 1.54) is 17.8 Å². The Kier molecular flexibility index (Phi) is 17.6. The molecule has 5 aromatic rings. The molecule has 2 aromatic heterocycles. The number of anilines is 5. The van der Waals surface area contributed by atoms with Crippen molar-refractivity contribution >= 4 is 64.0 Å². The number of amides is 4. The van der Waals surface area contributed by atoms with Crippen molar-refractivity contribution in [1.29, 1.82) is 0 Å². The van der Waals surface area contributed by atoms with Gasteiger partial charge in [-0.25, -0.2) is 14.8 Å². The number of hydrogen-bond acceptors (Lipinski definition) is 11. The summed E-state index contributed by atoms with van der Waals surface area (Å²) in [5, 5.41) is 15.2. The molecule has 0 radical (unpaired) electrons. The predicted molar refractivity (Wildman–Crippen MR) is 264 cm³/mol. The van der Waals surface area contributed by atoms with Gasteiger partial charge in [-0.1, -0.05) is 66.2 Å². The van der Waals surface area contributed by atoms with E-state index in [4.69, 9.17) is 22.1 Å². The van der Waals surface area contributed by atoms with E-state index >= 15 is 0 Å². The molecule has 0 atom stereocenters. The van der Waals surface area contributed by atoms with Gasteiger partial charge in [-0.3, -0.25) is 19.7 Å². The molecule has 0 saturated carbocycles. The van der Waals surface area contributed by atoms with Crippen molar-refractivity contribution in [3.63, 3.8) is 0 Å².